The van der Waals surface area contributed by atoms with Gasteiger partial charge in [-0.1, -0.05) is 6.07 Å². The number of hydrogen-bond donors (Lipinski definition) is 0. The van der Waals surface area contributed by atoms with Crippen LogP contribution >= 0.6 is 11.3 Å². The maximum atomic E-state index is 12.8. The minimum absolute atomic E-state index is 0.0597. The molecule has 4 atom stereocenters. The van der Waals surface area contributed by atoms with Crippen molar-refractivity contribution in [3.05, 3.63) is 46.7 Å². The van der Waals surface area contributed by atoms with E-state index >= 15 is 0 Å². The summed E-state index contributed by atoms with van der Waals surface area (Å²) in [5.74, 6) is 0.356. The van der Waals surface area contributed by atoms with Gasteiger partial charge >= 0.3 is 5.97 Å². The highest BCUT2D eigenvalue weighted by molar-refractivity contribution is 7.12. The third-order valence-electron chi connectivity index (χ3n) is 5.96. The van der Waals surface area contributed by atoms with Crippen LogP contribution in [0.15, 0.2) is 41.8 Å². The maximum absolute atomic E-state index is 12.8. The number of esters is 1. The summed E-state index contributed by atoms with van der Waals surface area (Å²) >= 11 is 1.32. The van der Waals surface area contributed by atoms with Crippen molar-refractivity contribution < 1.29 is 19.1 Å². The fourth-order valence-corrected chi connectivity index (χ4v) is 5.48. The second kappa shape index (κ2) is 5.77. The summed E-state index contributed by atoms with van der Waals surface area (Å²) in [6, 6.07) is 10.1. The number of carbonyl (C=O) groups excluding carboxylic acids is 3. The Bertz CT molecular complexity index is 861. The zero-order valence-electron chi connectivity index (χ0n) is 14.0. The molecule has 3 fully saturated rings. The van der Waals surface area contributed by atoms with Crippen LogP contribution in [0.4, 0.5) is 5.69 Å². The molecular weight excluding hydrogens is 350 g/mol. The van der Waals surface area contributed by atoms with Crippen LogP contribution in [0, 0.1) is 23.7 Å². The van der Waals surface area contributed by atoms with Crippen LogP contribution in [0.25, 0.3) is 0 Å². The first-order chi connectivity index (χ1) is 12.6. The number of amides is 2. The van der Waals surface area contributed by atoms with Gasteiger partial charge in [-0.05, 0) is 66.8 Å². The molecule has 3 aliphatic rings. The van der Waals surface area contributed by atoms with Gasteiger partial charge < -0.3 is 4.74 Å². The normalized spacial score (nSPS) is 29.3. The van der Waals surface area contributed by atoms with E-state index in [-0.39, 0.29) is 23.7 Å². The number of thiophene rings is 1. The topological polar surface area (TPSA) is 63.7 Å². The highest BCUT2D eigenvalue weighted by Gasteiger charge is 2.61. The summed E-state index contributed by atoms with van der Waals surface area (Å²) in [6.45, 7) is 0. The fraction of sp³-hybridized carbons (Fsp3) is 0.350. The summed E-state index contributed by atoms with van der Waals surface area (Å²) in [5, 5.41) is 1.81. The van der Waals surface area contributed by atoms with Crippen molar-refractivity contribution in [2.75, 3.05) is 4.90 Å². The molecule has 4 unspecified atom stereocenters. The van der Waals surface area contributed by atoms with Gasteiger partial charge in [-0.25, -0.2) is 4.79 Å². The molecule has 5 rings (SSSR count). The van der Waals surface area contributed by atoms with Crippen LogP contribution in [-0.2, 0) is 9.59 Å². The van der Waals surface area contributed by atoms with Gasteiger partial charge in [-0.3, -0.25) is 14.5 Å². The molecule has 1 saturated heterocycles. The van der Waals surface area contributed by atoms with Crippen LogP contribution in [0.5, 0.6) is 5.75 Å². The third kappa shape index (κ3) is 2.25. The molecule has 6 heteroatoms. The lowest BCUT2D eigenvalue weighted by Crippen LogP contribution is -2.32. The van der Waals surface area contributed by atoms with Crippen LogP contribution in [-0.4, -0.2) is 17.8 Å². The number of anilines is 1. The predicted molar refractivity (Wildman–Crippen MR) is 96.0 cm³/mol. The van der Waals surface area contributed by atoms with E-state index in [1.54, 1.807) is 36.4 Å². The van der Waals surface area contributed by atoms with E-state index < -0.39 is 5.97 Å². The van der Waals surface area contributed by atoms with Crippen molar-refractivity contribution in [1.82, 2.24) is 0 Å². The molecule has 2 aromatic rings. The number of fused-ring (bicyclic) bond motifs is 5. The molecule has 1 aromatic carbocycles. The molecule has 1 aliphatic heterocycles. The summed E-state index contributed by atoms with van der Waals surface area (Å²) in [7, 11) is 0. The average molecular weight is 367 g/mol. The number of carbonyl (C=O) groups is 3. The summed E-state index contributed by atoms with van der Waals surface area (Å²) in [5.41, 5.74) is 0.560. The Morgan fingerprint density at radius 1 is 1.00 bits per heavy atom. The molecule has 2 aliphatic carbocycles. The number of rotatable bonds is 3. The van der Waals surface area contributed by atoms with Crippen molar-refractivity contribution in [1.29, 1.82) is 0 Å². The standard InChI is InChI=1S/C20H17NO4S/c22-18-16-11-3-4-12(10-11)17(16)19(23)21(18)13-5-7-14(8-6-13)25-20(24)15-2-1-9-26-15/h1-2,5-9,11-12,16-17H,3-4,10H2. The molecule has 2 amide bonds. The SMILES string of the molecule is O=C(Oc1ccc(N2C(=O)C3C4CCC(C4)C3C2=O)cc1)c1cccs1. The predicted octanol–water partition coefficient (Wildman–Crippen LogP) is 3.50. The number of ether oxygens (including phenoxy) is 1. The van der Waals surface area contributed by atoms with Gasteiger partial charge in [-0.15, -0.1) is 11.3 Å². The Balaban J connectivity index is 1.36. The lowest BCUT2D eigenvalue weighted by Gasteiger charge is -2.19. The largest absolute Gasteiger partial charge is 0.422 e. The Morgan fingerprint density at radius 2 is 1.65 bits per heavy atom. The van der Waals surface area contributed by atoms with Gasteiger partial charge in [0.05, 0.1) is 17.5 Å². The monoisotopic (exact) mass is 367 g/mol. The fourth-order valence-electron chi connectivity index (χ4n) is 4.88. The van der Waals surface area contributed by atoms with Gasteiger partial charge in [0.25, 0.3) is 0 Å². The lowest BCUT2D eigenvalue weighted by molar-refractivity contribution is -0.123. The van der Waals surface area contributed by atoms with Crippen molar-refractivity contribution in [3.8, 4) is 5.75 Å². The number of nitrogens with zero attached hydrogens (tertiary/aromatic N) is 1. The first-order valence-electron chi connectivity index (χ1n) is 8.87. The van der Waals surface area contributed by atoms with Gasteiger partial charge in [0, 0.05) is 0 Å². The maximum Gasteiger partial charge on any atom is 0.353 e. The molecule has 0 spiro atoms. The van der Waals surface area contributed by atoms with Crippen molar-refractivity contribution in [2.45, 2.75) is 19.3 Å². The average Bonchev–Trinajstić information content (AvgIpc) is 3.41. The van der Waals surface area contributed by atoms with E-state index in [4.69, 9.17) is 4.74 Å². The van der Waals surface area contributed by atoms with E-state index in [9.17, 15) is 14.4 Å². The smallest absolute Gasteiger partial charge is 0.353 e. The second-order valence-electron chi connectivity index (χ2n) is 7.26. The minimum atomic E-state index is -0.410. The van der Waals surface area contributed by atoms with Gasteiger partial charge in [0.1, 0.15) is 10.6 Å². The van der Waals surface area contributed by atoms with Crippen molar-refractivity contribution >= 4 is 34.8 Å². The zero-order valence-corrected chi connectivity index (χ0v) is 14.8. The van der Waals surface area contributed by atoms with E-state index in [0.717, 1.165) is 19.3 Å². The van der Waals surface area contributed by atoms with Gasteiger partial charge in [0.2, 0.25) is 11.8 Å². The molecule has 2 saturated carbocycles. The number of benzene rings is 1. The number of hydrogen-bond acceptors (Lipinski definition) is 5. The van der Waals surface area contributed by atoms with Crippen LogP contribution in [0.3, 0.4) is 0 Å². The highest BCUT2D eigenvalue weighted by atomic mass is 32.1. The lowest BCUT2D eigenvalue weighted by atomic mass is 9.81. The molecule has 5 nitrogen and oxygen atoms in total. The highest BCUT2D eigenvalue weighted by Crippen LogP contribution is 2.56. The van der Waals surface area contributed by atoms with E-state index in [1.807, 2.05) is 5.38 Å². The Morgan fingerprint density at radius 3 is 2.23 bits per heavy atom. The minimum Gasteiger partial charge on any atom is -0.422 e. The zero-order chi connectivity index (χ0) is 17.8. The van der Waals surface area contributed by atoms with E-state index in [1.165, 1.54) is 16.2 Å². The Hall–Kier alpha value is -2.47. The second-order valence-corrected chi connectivity index (χ2v) is 8.21. The molecule has 0 radical (unpaired) electrons. The van der Waals surface area contributed by atoms with Crippen LogP contribution in [0.2, 0.25) is 0 Å². The molecular formula is C20H17NO4S. The molecule has 26 heavy (non-hydrogen) atoms. The number of imide groups is 1. The van der Waals surface area contributed by atoms with Crippen LogP contribution < -0.4 is 9.64 Å². The van der Waals surface area contributed by atoms with Crippen molar-refractivity contribution in [3.63, 3.8) is 0 Å². The molecule has 0 N–H and O–H groups in total. The summed E-state index contributed by atoms with van der Waals surface area (Å²) < 4.78 is 5.33. The summed E-state index contributed by atoms with van der Waals surface area (Å²) in [6.07, 6.45) is 3.16. The first kappa shape index (κ1) is 15.8. The van der Waals surface area contributed by atoms with E-state index in [2.05, 4.69) is 0 Å². The van der Waals surface area contributed by atoms with Crippen LogP contribution in [0.1, 0.15) is 28.9 Å². The first-order valence-corrected chi connectivity index (χ1v) is 9.75. The molecule has 132 valence electrons. The van der Waals surface area contributed by atoms with Crippen molar-refractivity contribution in [2.24, 2.45) is 23.7 Å². The molecule has 2 heterocycles. The Kier molecular flexibility index (Phi) is 3.50. The molecule has 2 bridgehead atoms. The third-order valence-corrected chi connectivity index (χ3v) is 6.81. The quantitative estimate of drug-likeness (QED) is 0.473. The van der Waals surface area contributed by atoms with E-state index in [0.29, 0.717) is 28.1 Å². The Labute approximate surface area is 154 Å². The molecule has 1 aromatic heterocycles. The van der Waals surface area contributed by atoms with Gasteiger partial charge in [0.15, 0.2) is 0 Å². The summed E-state index contributed by atoms with van der Waals surface area (Å²) in [4.78, 5) is 39.5. The van der Waals surface area contributed by atoms with Gasteiger partial charge in [-0.2, -0.15) is 0 Å².